The Morgan fingerprint density at radius 2 is 2.18 bits per heavy atom. The number of aliphatic carboxylic acids is 1. The number of anilines is 1. The molecule has 0 bridgehead atoms. The molecule has 0 heterocycles. The van der Waals surface area contributed by atoms with Crippen LogP contribution >= 0.6 is 0 Å². The van der Waals surface area contributed by atoms with Gasteiger partial charge in [0.1, 0.15) is 11.9 Å². The van der Waals surface area contributed by atoms with Gasteiger partial charge in [0.2, 0.25) is 0 Å². The van der Waals surface area contributed by atoms with Gasteiger partial charge in [0.05, 0.1) is 17.3 Å². The molecular weight excluding hydrogens is 223 g/mol. The summed E-state index contributed by atoms with van der Waals surface area (Å²) < 4.78 is 13.5. The summed E-state index contributed by atoms with van der Waals surface area (Å²) in [6, 6.07) is 4.82. The maximum absolute atomic E-state index is 13.5. The quantitative estimate of drug-likeness (QED) is 0.840. The summed E-state index contributed by atoms with van der Waals surface area (Å²) in [6.45, 7) is 3.46. The minimum atomic E-state index is -1.04. The summed E-state index contributed by atoms with van der Waals surface area (Å²) in [7, 11) is 0. The number of carbonyl (C=O) groups is 1. The van der Waals surface area contributed by atoms with Crippen LogP contribution in [0.4, 0.5) is 10.1 Å². The van der Waals surface area contributed by atoms with E-state index in [1.807, 2.05) is 6.07 Å². The van der Waals surface area contributed by atoms with Crippen LogP contribution in [0.5, 0.6) is 0 Å². The molecule has 17 heavy (non-hydrogen) atoms. The molecule has 0 aliphatic carbocycles. The predicted octanol–water partition coefficient (Wildman–Crippen LogP) is 2.22. The number of carboxylic acid groups (broad SMARTS) is 1. The minimum absolute atomic E-state index is 0.0881. The first-order valence-corrected chi connectivity index (χ1v) is 5.14. The second kappa shape index (κ2) is 5.30. The van der Waals surface area contributed by atoms with Crippen molar-refractivity contribution in [2.24, 2.45) is 5.92 Å². The monoisotopic (exact) mass is 236 g/mol. The maximum atomic E-state index is 13.5. The maximum Gasteiger partial charge on any atom is 0.326 e. The van der Waals surface area contributed by atoms with E-state index in [9.17, 15) is 9.18 Å². The van der Waals surface area contributed by atoms with Crippen LogP contribution < -0.4 is 5.32 Å². The van der Waals surface area contributed by atoms with Crippen LogP contribution in [0.2, 0.25) is 0 Å². The van der Waals surface area contributed by atoms with Gasteiger partial charge in [0.25, 0.3) is 0 Å². The number of hydrogen-bond donors (Lipinski definition) is 2. The first-order chi connectivity index (χ1) is 7.95. The molecule has 0 aliphatic rings. The summed E-state index contributed by atoms with van der Waals surface area (Å²) in [6.07, 6.45) is 0. The highest BCUT2D eigenvalue weighted by molar-refractivity contribution is 5.77. The van der Waals surface area contributed by atoms with Crippen molar-refractivity contribution in [3.8, 4) is 6.07 Å². The van der Waals surface area contributed by atoms with E-state index >= 15 is 0 Å². The zero-order valence-electron chi connectivity index (χ0n) is 9.57. The first-order valence-electron chi connectivity index (χ1n) is 5.14. The largest absolute Gasteiger partial charge is 0.480 e. The first kappa shape index (κ1) is 13.0. The molecule has 0 saturated heterocycles. The molecule has 90 valence electrons. The van der Waals surface area contributed by atoms with Gasteiger partial charge in [-0.15, -0.1) is 0 Å². The molecule has 1 aromatic carbocycles. The fourth-order valence-corrected chi connectivity index (χ4v) is 1.38. The zero-order valence-corrected chi connectivity index (χ0v) is 9.57. The molecule has 0 spiro atoms. The van der Waals surface area contributed by atoms with E-state index in [4.69, 9.17) is 10.4 Å². The van der Waals surface area contributed by atoms with Crippen molar-refractivity contribution >= 4 is 11.7 Å². The molecule has 0 radical (unpaired) electrons. The Balaban J connectivity index is 2.95. The molecular formula is C12H13FN2O2. The second-order valence-corrected chi connectivity index (χ2v) is 4.01. The van der Waals surface area contributed by atoms with Crippen molar-refractivity contribution in [3.63, 3.8) is 0 Å². The van der Waals surface area contributed by atoms with Crippen molar-refractivity contribution < 1.29 is 14.3 Å². The smallest absolute Gasteiger partial charge is 0.326 e. The lowest BCUT2D eigenvalue weighted by Crippen LogP contribution is -2.34. The SMILES string of the molecule is CC(C)[C@@H](Nc1ccc(C#N)cc1F)C(=O)O. The summed E-state index contributed by atoms with van der Waals surface area (Å²) in [5.74, 6) is -1.85. The highest BCUT2D eigenvalue weighted by Crippen LogP contribution is 2.18. The molecule has 2 N–H and O–H groups in total. The zero-order chi connectivity index (χ0) is 13.0. The molecule has 5 heteroatoms. The van der Waals surface area contributed by atoms with Crippen molar-refractivity contribution in [2.45, 2.75) is 19.9 Å². The van der Waals surface area contributed by atoms with Gasteiger partial charge in [-0.2, -0.15) is 5.26 Å². The van der Waals surface area contributed by atoms with E-state index in [-0.39, 0.29) is 17.2 Å². The van der Waals surface area contributed by atoms with Crippen molar-refractivity contribution in [1.82, 2.24) is 0 Å². The van der Waals surface area contributed by atoms with Gasteiger partial charge >= 0.3 is 5.97 Å². The van der Waals surface area contributed by atoms with E-state index in [2.05, 4.69) is 5.32 Å². The summed E-state index contributed by atoms with van der Waals surface area (Å²) in [5.41, 5.74) is 0.287. The molecule has 1 aromatic rings. The average molecular weight is 236 g/mol. The van der Waals surface area contributed by atoms with Crippen molar-refractivity contribution in [2.75, 3.05) is 5.32 Å². The summed E-state index contributed by atoms with van der Waals surface area (Å²) in [4.78, 5) is 10.9. The number of nitrogens with one attached hydrogen (secondary N) is 1. The standard InChI is InChI=1S/C12H13FN2O2/c1-7(2)11(12(16)17)15-10-4-3-8(6-14)5-9(10)13/h3-5,7,11,15H,1-2H3,(H,16,17)/t11-/m1/s1. The normalized spacial score (nSPS) is 11.9. The third kappa shape index (κ3) is 3.18. The lowest BCUT2D eigenvalue weighted by Gasteiger charge is -2.19. The van der Waals surface area contributed by atoms with E-state index < -0.39 is 17.8 Å². The molecule has 0 amide bonds. The van der Waals surface area contributed by atoms with E-state index in [0.29, 0.717) is 0 Å². The third-order valence-electron chi connectivity index (χ3n) is 2.34. The van der Waals surface area contributed by atoms with Crippen LogP contribution in [0.25, 0.3) is 0 Å². The highest BCUT2D eigenvalue weighted by atomic mass is 19.1. The van der Waals surface area contributed by atoms with Crippen LogP contribution in [0.1, 0.15) is 19.4 Å². The van der Waals surface area contributed by atoms with Gasteiger partial charge in [-0.1, -0.05) is 13.8 Å². The molecule has 0 saturated carbocycles. The fourth-order valence-electron chi connectivity index (χ4n) is 1.38. The second-order valence-electron chi connectivity index (χ2n) is 4.01. The Kier molecular flexibility index (Phi) is 4.05. The molecule has 0 fully saturated rings. The number of nitriles is 1. The van der Waals surface area contributed by atoms with Crippen LogP contribution in [0, 0.1) is 23.1 Å². The lowest BCUT2D eigenvalue weighted by atomic mass is 10.0. The number of nitrogens with zero attached hydrogens (tertiary/aromatic N) is 1. The van der Waals surface area contributed by atoms with Gasteiger partial charge in [-0.3, -0.25) is 0 Å². The Labute approximate surface area is 98.7 Å². The predicted molar refractivity (Wildman–Crippen MR) is 61.0 cm³/mol. The Hall–Kier alpha value is -2.09. The van der Waals surface area contributed by atoms with Crippen LogP contribution in [-0.4, -0.2) is 17.1 Å². The Bertz CT molecular complexity index is 466. The van der Waals surface area contributed by atoms with Crippen LogP contribution in [0.3, 0.4) is 0 Å². The molecule has 0 aliphatic heterocycles. The molecule has 0 unspecified atom stereocenters. The summed E-state index contributed by atoms with van der Waals surface area (Å²) in [5, 5.41) is 20.2. The summed E-state index contributed by atoms with van der Waals surface area (Å²) >= 11 is 0. The third-order valence-corrected chi connectivity index (χ3v) is 2.34. The van der Waals surface area contributed by atoms with Gasteiger partial charge in [0, 0.05) is 0 Å². The molecule has 1 rings (SSSR count). The van der Waals surface area contributed by atoms with E-state index in [1.54, 1.807) is 13.8 Å². The van der Waals surface area contributed by atoms with Crippen molar-refractivity contribution in [1.29, 1.82) is 5.26 Å². The van der Waals surface area contributed by atoms with Crippen molar-refractivity contribution in [3.05, 3.63) is 29.6 Å². The minimum Gasteiger partial charge on any atom is -0.480 e. The highest BCUT2D eigenvalue weighted by Gasteiger charge is 2.22. The topological polar surface area (TPSA) is 73.1 Å². The van der Waals surface area contributed by atoms with Crippen LogP contribution in [-0.2, 0) is 4.79 Å². The average Bonchev–Trinajstić information content (AvgIpc) is 2.26. The Morgan fingerprint density at radius 1 is 1.53 bits per heavy atom. The number of hydrogen-bond acceptors (Lipinski definition) is 3. The molecule has 1 atom stereocenters. The Morgan fingerprint density at radius 3 is 2.59 bits per heavy atom. The van der Waals surface area contributed by atoms with Crippen LogP contribution in [0.15, 0.2) is 18.2 Å². The van der Waals surface area contributed by atoms with E-state index in [0.717, 1.165) is 6.07 Å². The van der Waals surface area contributed by atoms with Gasteiger partial charge in [-0.05, 0) is 24.1 Å². The lowest BCUT2D eigenvalue weighted by molar-refractivity contribution is -0.138. The van der Waals surface area contributed by atoms with Gasteiger partial charge in [-0.25, -0.2) is 9.18 Å². The van der Waals surface area contributed by atoms with Gasteiger partial charge in [0.15, 0.2) is 0 Å². The molecule has 0 aromatic heterocycles. The number of rotatable bonds is 4. The number of halogens is 1. The fraction of sp³-hybridized carbons (Fsp3) is 0.333. The number of carboxylic acids is 1. The van der Waals surface area contributed by atoms with E-state index in [1.165, 1.54) is 12.1 Å². The molecule has 4 nitrogen and oxygen atoms in total. The van der Waals surface area contributed by atoms with Gasteiger partial charge < -0.3 is 10.4 Å². The number of benzene rings is 1.